The van der Waals surface area contributed by atoms with Crippen LogP contribution in [-0.4, -0.2) is 35.8 Å². The van der Waals surface area contributed by atoms with Crippen LogP contribution in [0.4, 0.5) is 11.5 Å². The van der Waals surface area contributed by atoms with Gasteiger partial charge in [0, 0.05) is 24.3 Å². The molecule has 1 aliphatic heterocycles. The summed E-state index contributed by atoms with van der Waals surface area (Å²) in [6.07, 6.45) is 3.72. The molecule has 0 atom stereocenters. The molecule has 2 heterocycles. The SMILES string of the molecule is Cc1cccc(OCC(=O)Nc2ccc(-c3ccc(N4CCCCC4)nn3)cc2)c1. The summed E-state index contributed by atoms with van der Waals surface area (Å²) < 4.78 is 5.54. The number of hydrogen-bond acceptors (Lipinski definition) is 5. The van der Waals surface area contributed by atoms with E-state index < -0.39 is 0 Å². The molecule has 6 heteroatoms. The van der Waals surface area contributed by atoms with Crippen molar-refractivity contribution in [3.05, 3.63) is 66.2 Å². The van der Waals surface area contributed by atoms with E-state index >= 15 is 0 Å². The third kappa shape index (κ3) is 5.14. The Bertz CT molecular complexity index is 981. The Hall–Kier alpha value is -3.41. The van der Waals surface area contributed by atoms with Crippen LogP contribution in [0.25, 0.3) is 11.3 Å². The lowest BCUT2D eigenvalue weighted by Gasteiger charge is -2.27. The summed E-state index contributed by atoms with van der Waals surface area (Å²) in [6.45, 7) is 4.06. The fraction of sp³-hybridized carbons (Fsp3) is 0.292. The summed E-state index contributed by atoms with van der Waals surface area (Å²) in [5.74, 6) is 1.43. The molecule has 2 aromatic carbocycles. The van der Waals surface area contributed by atoms with E-state index in [0.717, 1.165) is 41.4 Å². The van der Waals surface area contributed by atoms with Gasteiger partial charge in [-0.3, -0.25) is 4.79 Å². The van der Waals surface area contributed by atoms with Gasteiger partial charge in [0.25, 0.3) is 5.91 Å². The van der Waals surface area contributed by atoms with E-state index in [2.05, 4.69) is 20.4 Å². The summed E-state index contributed by atoms with van der Waals surface area (Å²) in [5, 5.41) is 11.6. The zero-order valence-electron chi connectivity index (χ0n) is 17.2. The number of carbonyl (C=O) groups excluding carboxylic acids is 1. The number of nitrogens with one attached hydrogen (secondary N) is 1. The van der Waals surface area contributed by atoms with Gasteiger partial charge in [0.15, 0.2) is 12.4 Å². The van der Waals surface area contributed by atoms with Crippen LogP contribution in [0.3, 0.4) is 0 Å². The van der Waals surface area contributed by atoms with Crippen LogP contribution in [0.2, 0.25) is 0 Å². The van der Waals surface area contributed by atoms with Crippen molar-refractivity contribution in [2.45, 2.75) is 26.2 Å². The quantitative estimate of drug-likeness (QED) is 0.659. The molecule has 1 amide bonds. The van der Waals surface area contributed by atoms with Gasteiger partial charge in [-0.15, -0.1) is 10.2 Å². The fourth-order valence-corrected chi connectivity index (χ4v) is 3.55. The van der Waals surface area contributed by atoms with Gasteiger partial charge in [-0.2, -0.15) is 0 Å². The molecule has 1 aliphatic rings. The Morgan fingerprint density at radius 2 is 1.80 bits per heavy atom. The van der Waals surface area contributed by atoms with Gasteiger partial charge in [-0.25, -0.2) is 0 Å². The molecule has 6 nitrogen and oxygen atoms in total. The van der Waals surface area contributed by atoms with E-state index in [1.54, 1.807) is 0 Å². The van der Waals surface area contributed by atoms with Crippen LogP contribution < -0.4 is 15.0 Å². The molecule has 1 N–H and O–H groups in total. The third-order valence-corrected chi connectivity index (χ3v) is 5.15. The predicted octanol–water partition coefficient (Wildman–Crippen LogP) is 4.46. The number of anilines is 2. The van der Waals surface area contributed by atoms with Crippen LogP contribution >= 0.6 is 0 Å². The molecule has 3 aromatic rings. The van der Waals surface area contributed by atoms with Gasteiger partial charge in [-0.1, -0.05) is 24.3 Å². The first-order chi connectivity index (χ1) is 14.7. The molecule has 154 valence electrons. The minimum atomic E-state index is -0.199. The molecule has 0 spiro atoms. The Kier molecular flexibility index (Phi) is 6.23. The monoisotopic (exact) mass is 402 g/mol. The lowest BCUT2D eigenvalue weighted by atomic mass is 10.1. The minimum absolute atomic E-state index is 0.0331. The summed E-state index contributed by atoms with van der Waals surface area (Å²) >= 11 is 0. The van der Waals surface area contributed by atoms with E-state index in [1.165, 1.54) is 19.3 Å². The predicted molar refractivity (Wildman–Crippen MR) is 119 cm³/mol. The van der Waals surface area contributed by atoms with Crippen LogP contribution in [0.1, 0.15) is 24.8 Å². The minimum Gasteiger partial charge on any atom is -0.484 e. The zero-order chi connectivity index (χ0) is 20.8. The second-order valence-corrected chi connectivity index (χ2v) is 7.56. The highest BCUT2D eigenvalue weighted by Crippen LogP contribution is 2.22. The van der Waals surface area contributed by atoms with Gasteiger partial charge in [0.05, 0.1) is 5.69 Å². The second-order valence-electron chi connectivity index (χ2n) is 7.56. The van der Waals surface area contributed by atoms with E-state index in [9.17, 15) is 4.79 Å². The maximum Gasteiger partial charge on any atom is 0.262 e. The number of rotatable bonds is 6. The van der Waals surface area contributed by atoms with Crippen molar-refractivity contribution in [2.24, 2.45) is 0 Å². The number of nitrogens with zero attached hydrogens (tertiary/aromatic N) is 3. The van der Waals surface area contributed by atoms with Gasteiger partial charge in [0.1, 0.15) is 5.75 Å². The molecule has 1 aromatic heterocycles. The summed E-state index contributed by atoms with van der Waals surface area (Å²) in [4.78, 5) is 14.4. The fourth-order valence-electron chi connectivity index (χ4n) is 3.55. The number of amides is 1. The van der Waals surface area contributed by atoms with Crippen molar-refractivity contribution in [3.63, 3.8) is 0 Å². The number of benzene rings is 2. The average Bonchev–Trinajstić information content (AvgIpc) is 2.79. The standard InChI is InChI=1S/C24H26N4O2/c1-18-6-5-7-21(16-18)30-17-24(29)25-20-10-8-19(9-11-20)22-12-13-23(27-26-22)28-14-3-2-4-15-28/h5-13,16H,2-4,14-15,17H2,1H3,(H,25,29). The van der Waals surface area contributed by atoms with Gasteiger partial charge in [-0.05, 0) is 68.1 Å². The maximum absolute atomic E-state index is 12.2. The van der Waals surface area contributed by atoms with Crippen LogP contribution in [0.5, 0.6) is 5.75 Å². The number of hydrogen-bond donors (Lipinski definition) is 1. The van der Waals surface area contributed by atoms with Crippen LogP contribution in [0.15, 0.2) is 60.7 Å². The normalized spacial score (nSPS) is 13.7. The van der Waals surface area contributed by atoms with Crippen LogP contribution in [0, 0.1) is 6.92 Å². The smallest absolute Gasteiger partial charge is 0.262 e. The molecule has 4 rings (SSSR count). The molecular formula is C24H26N4O2. The first-order valence-corrected chi connectivity index (χ1v) is 10.4. The van der Waals surface area contributed by atoms with Crippen molar-refractivity contribution < 1.29 is 9.53 Å². The van der Waals surface area contributed by atoms with Crippen molar-refractivity contribution in [1.82, 2.24) is 10.2 Å². The Morgan fingerprint density at radius 3 is 2.50 bits per heavy atom. The maximum atomic E-state index is 12.2. The molecule has 0 radical (unpaired) electrons. The molecular weight excluding hydrogens is 376 g/mol. The Balaban J connectivity index is 1.32. The number of aromatic nitrogens is 2. The zero-order valence-corrected chi connectivity index (χ0v) is 17.2. The number of ether oxygens (including phenoxy) is 1. The lowest BCUT2D eigenvalue weighted by molar-refractivity contribution is -0.118. The number of aryl methyl sites for hydroxylation is 1. The van der Waals surface area contributed by atoms with Crippen molar-refractivity contribution in [1.29, 1.82) is 0 Å². The summed E-state index contributed by atoms with van der Waals surface area (Å²) in [6, 6.07) is 19.3. The Morgan fingerprint density at radius 1 is 1.00 bits per heavy atom. The molecule has 30 heavy (non-hydrogen) atoms. The number of piperidine rings is 1. The molecule has 0 aliphatic carbocycles. The van der Waals surface area contributed by atoms with Gasteiger partial charge < -0.3 is 15.0 Å². The third-order valence-electron chi connectivity index (χ3n) is 5.15. The summed E-state index contributed by atoms with van der Waals surface area (Å²) in [5.41, 5.74) is 3.59. The average molecular weight is 402 g/mol. The molecule has 1 saturated heterocycles. The highest BCUT2D eigenvalue weighted by atomic mass is 16.5. The lowest BCUT2D eigenvalue weighted by Crippen LogP contribution is -2.30. The number of carbonyl (C=O) groups is 1. The van der Waals surface area contributed by atoms with Crippen LogP contribution in [-0.2, 0) is 4.79 Å². The second kappa shape index (κ2) is 9.39. The van der Waals surface area contributed by atoms with E-state index in [4.69, 9.17) is 4.74 Å². The molecule has 1 fully saturated rings. The first kappa shape index (κ1) is 19.9. The highest BCUT2D eigenvalue weighted by Gasteiger charge is 2.13. The topological polar surface area (TPSA) is 67.3 Å². The van der Waals surface area contributed by atoms with Gasteiger partial charge >= 0.3 is 0 Å². The van der Waals surface area contributed by atoms with E-state index in [0.29, 0.717) is 5.75 Å². The van der Waals surface area contributed by atoms with E-state index in [1.807, 2.05) is 67.6 Å². The van der Waals surface area contributed by atoms with E-state index in [-0.39, 0.29) is 12.5 Å². The Labute approximate surface area is 176 Å². The largest absolute Gasteiger partial charge is 0.484 e. The van der Waals surface area contributed by atoms with Crippen molar-refractivity contribution in [2.75, 3.05) is 29.9 Å². The van der Waals surface area contributed by atoms with Gasteiger partial charge in [0.2, 0.25) is 0 Å². The molecule has 0 unspecified atom stereocenters. The summed E-state index contributed by atoms with van der Waals surface area (Å²) in [7, 11) is 0. The molecule has 0 saturated carbocycles. The highest BCUT2D eigenvalue weighted by molar-refractivity contribution is 5.92. The van der Waals surface area contributed by atoms with Crippen molar-refractivity contribution >= 4 is 17.4 Å². The first-order valence-electron chi connectivity index (χ1n) is 10.4. The molecule has 0 bridgehead atoms. The van der Waals surface area contributed by atoms with Crippen molar-refractivity contribution in [3.8, 4) is 17.0 Å².